The first-order valence-electron chi connectivity index (χ1n) is 7.14. The number of hydrogen-bond donors (Lipinski definition) is 1. The summed E-state index contributed by atoms with van der Waals surface area (Å²) in [6.07, 6.45) is 2.57. The molecule has 19 heavy (non-hydrogen) atoms. The fourth-order valence-electron chi connectivity index (χ4n) is 2.74. The van der Waals surface area contributed by atoms with Gasteiger partial charge in [0.2, 0.25) is 0 Å². The molecule has 1 aromatic rings. The molecule has 0 aliphatic heterocycles. The van der Waals surface area contributed by atoms with Crippen LogP contribution >= 0.6 is 0 Å². The summed E-state index contributed by atoms with van der Waals surface area (Å²) in [6.45, 7) is 8.18. The Bertz CT molecular complexity index is 396. The Balaban J connectivity index is 2.93. The first-order valence-corrected chi connectivity index (χ1v) is 9.76. The summed E-state index contributed by atoms with van der Waals surface area (Å²) in [4.78, 5) is 16.8. The number of pyridine rings is 1. The van der Waals surface area contributed by atoms with Crippen LogP contribution in [-0.4, -0.2) is 23.6 Å². The third kappa shape index (κ3) is 3.31. The van der Waals surface area contributed by atoms with Gasteiger partial charge in [0.1, 0.15) is 13.5 Å². The lowest BCUT2D eigenvalue weighted by molar-refractivity contribution is -0.119. The maximum absolute atomic E-state index is 12.8. The number of carbonyl (C=O) groups excluding carboxylic acids is 1. The molecule has 0 spiro atoms. The SMILES string of the molecule is CC[Si](CC)(CC)C(=O)C(C)C(O)c1cccnc1. The van der Waals surface area contributed by atoms with E-state index in [-0.39, 0.29) is 5.92 Å². The molecule has 0 saturated heterocycles. The number of hydrogen-bond acceptors (Lipinski definition) is 3. The minimum Gasteiger partial charge on any atom is -0.388 e. The fourth-order valence-corrected chi connectivity index (χ4v) is 6.41. The third-order valence-electron chi connectivity index (χ3n) is 4.47. The van der Waals surface area contributed by atoms with Crippen LogP contribution in [0.3, 0.4) is 0 Å². The van der Waals surface area contributed by atoms with Crippen LogP contribution in [0.2, 0.25) is 18.1 Å². The Morgan fingerprint density at radius 2 is 1.89 bits per heavy atom. The van der Waals surface area contributed by atoms with Gasteiger partial charge in [0, 0.05) is 18.3 Å². The van der Waals surface area contributed by atoms with E-state index in [1.54, 1.807) is 18.5 Å². The van der Waals surface area contributed by atoms with Crippen LogP contribution in [0, 0.1) is 5.92 Å². The summed E-state index contributed by atoms with van der Waals surface area (Å²) in [5, 5.41) is 10.7. The highest BCUT2D eigenvalue weighted by atomic mass is 28.3. The third-order valence-corrected chi connectivity index (χ3v) is 10.0. The van der Waals surface area contributed by atoms with E-state index in [1.165, 1.54) is 0 Å². The van der Waals surface area contributed by atoms with Crippen LogP contribution < -0.4 is 0 Å². The van der Waals surface area contributed by atoms with Crippen molar-refractivity contribution >= 4 is 13.5 Å². The molecule has 0 bridgehead atoms. The molecule has 0 radical (unpaired) electrons. The van der Waals surface area contributed by atoms with Gasteiger partial charge in [0.15, 0.2) is 0 Å². The topological polar surface area (TPSA) is 50.2 Å². The summed E-state index contributed by atoms with van der Waals surface area (Å²) in [5.74, 6) is -0.337. The first-order chi connectivity index (χ1) is 9.02. The predicted octanol–water partition coefficient (Wildman–Crippen LogP) is 3.37. The Morgan fingerprint density at radius 1 is 1.32 bits per heavy atom. The van der Waals surface area contributed by atoms with Gasteiger partial charge < -0.3 is 9.90 Å². The molecule has 1 rings (SSSR count). The van der Waals surface area contributed by atoms with Gasteiger partial charge in [0.25, 0.3) is 0 Å². The average molecular weight is 279 g/mol. The first kappa shape index (κ1) is 16.1. The lowest BCUT2D eigenvalue weighted by atomic mass is 10.0. The zero-order chi connectivity index (χ0) is 14.5. The Labute approximate surface area is 117 Å². The standard InChI is InChI=1S/C15H25NO2Si/c1-5-19(6-2,7-3)15(18)12(4)14(17)13-9-8-10-16-11-13/h8-12,14,17H,5-7H2,1-4H3. The second kappa shape index (κ2) is 6.96. The largest absolute Gasteiger partial charge is 0.388 e. The van der Waals surface area contributed by atoms with Gasteiger partial charge in [-0.1, -0.05) is 51.9 Å². The van der Waals surface area contributed by atoms with E-state index in [0.29, 0.717) is 5.41 Å². The molecule has 0 amide bonds. The molecule has 0 aliphatic rings. The van der Waals surface area contributed by atoms with Gasteiger partial charge >= 0.3 is 0 Å². The fraction of sp³-hybridized carbons (Fsp3) is 0.600. The summed E-state index contributed by atoms with van der Waals surface area (Å²) in [7, 11) is -1.90. The van der Waals surface area contributed by atoms with Crippen LogP contribution in [-0.2, 0) is 4.79 Å². The molecule has 3 nitrogen and oxygen atoms in total. The molecule has 1 heterocycles. The molecule has 1 aromatic heterocycles. The van der Waals surface area contributed by atoms with E-state index in [0.717, 1.165) is 23.7 Å². The van der Waals surface area contributed by atoms with Gasteiger partial charge in [-0.2, -0.15) is 0 Å². The molecule has 2 unspecified atom stereocenters. The number of nitrogens with zero attached hydrogens (tertiary/aromatic N) is 1. The Kier molecular flexibility index (Phi) is 5.88. The lowest BCUT2D eigenvalue weighted by Gasteiger charge is -2.31. The van der Waals surface area contributed by atoms with E-state index in [1.807, 2.05) is 13.0 Å². The number of aliphatic hydroxyl groups is 1. The minimum absolute atomic E-state index is 0.302. The van der Waals surface area contributed by atoms with Crippen molar-refractivity contribution in [2.24, 2.45) is 5.92 Å². The zero-order valence-corrected chi connectivity index (χ0v) is 13.4. The Morgan fingerprint density at radius 3 is 2.32 bits per heavy atom. The zero-order valence-electron chi connectivity index (χ0n) is 12.4. The highest BCUT2D eigenvalue weighted by Crippen LogP contribution is 2.30. The number of aromatic nitrogens is 1. The molecular formula is C15H25NO2Si. The average Bonchev–Trinajstić information content (AvgIpc) is 2.48. The van der Waals surface area contributed by atoms with Crippen LogP contribution in [0.4, 0.5) is 0 Å². The maximum atomic E-state index is 12.8. The number of rotatable bonds is 7. The van der Waals surface area contributed by atoms with Crippen molar-refractivity contribution in [3.63, 3.8) is 0 Å². The lowest BCUT2D eigenvalue weighted by Crippen LogP contribution is -2.46. The predicted molar refractivity (Wildman–Crippen MR) is 80.6 cm³/mol. The van der Waals surface area contributed by atoms with Crippen molar-refractivity contribution in [1.82, 2.24) is 4.98 Å². The molecule has 1 N–H and O–H groups in total. The normalized spacial score (nSPS) is 15.0. The summed E-state index contributed by atoms with van der Waals surface area (Å²) < 4.78 is 0. The molecule has 4 heteroatoms. The van der Waals surface area contributed by atoms with Crippen molar-refractivity contribution in [2.45, 2.75) is 51.9 Å². The van der Waals surface area contributed by atoms with Crippen molar-refractivity contribution in [2.75, 3.05) is 0 Å². The smallest absolute Gasteiger partial charge is 0.132 e. The molecule has 0 saturated carbocycles. The van der Waals surface area contributed by atoms with Crippen molar-refractivity contribution in [1.29, 1.82) is 0 Å². The van der Waals surface area contributed by atoms with Crippen molar-refractivity contribution in [3.8, 4) is 0 Å². The van der Waals surface area contributed by atoms with Gasteiger partial charge in [-0.05, 0) is 11.6 Å². The summed E-state index contributed by atoms with van der Waals surface area (Å²) in [5.41, 5.74) is 0.731. The van der Waals surface area contributed by atoms with E-state index < -0.39 is 14.2 Å². The second-order valence-electron chi connectivity index (χ2n) is 5.23. The monoisotopic (exact) mass is 279 g/mol. The second-order valence-corrected chi connectivity index (χ2v) is 10.4. The van der Waals surface area contributed by atoms with Gasteiger partial charge in [-0.15, -0.1) is 0 Å². The van der Waals surface area contributed by atoms with Crippen molar-refractivity contribution in [3.05, 3.63) is 30.1 Å². The molecular weight excluding hydrogens is 254 g/mol. The van der Waals surface area contributed by atoms with E-state index in [4.69, 9.17) is 0 Å². The summed E-state index contributed by atoms with van der Waals surface area (Å²) >= 11 is 0. The quantitative estimate of drug-likeness (QED) is 0.779. The van der Waals surface area contributed by atoms with Crippen LogP contribution in [0.15, 0.2) is 24.5 Å². The molecule has 2 atom stereocenters. The van der Waals surface area contributed by atoms with Gasteiger partial charge in [-0.3, -0.25) is 4.98 Å². The van der Waals surface area contributed by atoms with E-state index in [9.17, 15) is 9.90 Å². The van der Waals surface area contributed by atoms with Crippen LogP contribution in [0.25, 0.3) is 0 Å². The van der Waals surface area contributed by atoms with Gasteiger partial charge in [-0.25, -0.2) is 0 Å². The van der Waals surface area contributed by atoms with Gasteiger partial charge in [0.05, 0.1) is 6.10 Å². The number of carbonyl (C=O) groups is 1. The highest BCUT2D eigenvalue weighted by molar-refractivity contribution is 7.06. The van der Waals surface area contributed by atoms with Crippen LogP contribution in [0.5, 0.6) is 0 Å². The molecule has 0 aliphatic carbocycles. The van der Waals surface area contributed by atoms with E-state index >= 15 is 0 Å². The highest BCUT2D eigenvalue weighted by Gasteiger charge is 2.40. The van der Waals surface area contributed by atoms with Crippen molar-refractivity contribution < 1.29 is 9.90 Å². The molecule has 106 valence electrons. The minimum atomic E-state index is -1.90. The molecule has 0 aromatic carbocycles. The number of aliphatic hydroxyl groups excluding tert-OH is 1. The van der Waals surface area contributed by atoms with Crippen LogP contribution in [0.1, 0.15) is 39.4 Å². The maximum Gasteiger partial charge on any atom is 0.132 e. The summed E-state index contributed by atoms with van der Waals surface area (Å²) in [6, 6.07) is 6.50. The Hall–Kier alpha value is -1.00. The molecule has 0 fully saturated rings. The van der Waals surface area contributed by atoms with E-state index in [2.05, 4.69) is 25.8 Å².